The normalized spacial score (nSPS) is 18.7. The second-order valence-corrected chi connectivity index (χ2v) is 9.52. The summed E-state index contributed by atoms with van der Waals surface area (Å²) in [5, 5.41) is 3.19. The number of alkyl halides is 3. The second kappa shape index (κ2) is 10.5. The average Bonchev–Trinajstić information content (AvgIpc) is 3.10. The summed E-state index contributed by atoms with van der Waals surface area (Å²) in [7, 11) is 2.76. The lowest BCUT2D eigenvalue weighted by Gasteiger charge is -2.35. The molecule has 1 amide bonds. The monoisotopic (exact) mass is 550 g/mol. The number of carbonyl (C=O) groups is 3. The van der Waals surface area contributed by atoms with Crippen LogP contribution in [0.15, 0.2) is 84.1 Å². The number of amides is 1. The number of carbonyl (C=O) groups excluding carboxylic acids is 3. The number of hydrogen-bond donors (Lipinski definition) is 1. The standard InChI is InChI=1S/C30H25F3N2O5/c1-39-21-13-11-17(12-14-21)20-15-23-26(25(36)16-20)27(18-7-9-19(10-8-18)28(37)40-2)35(29(38)30(31,32)33)24-6-4-3-5-22(24)34-23/h3-14,20,27,34H,15-16H2,1-2H3/t20-,27+/m1/s1. The first-order valence-corrected chi connectivity index (χ1v) is 12.5. The number of methoxy groups -OCH3 is 2. The Morgan fingerprint density at radius 3 is 2.17 bits per heavy atom. The fourth-order valence-electron chi connectivity index (χ4n) is 5.30. The highest BCUT2D eigenvalue weighted by Gasteiger charge is 2.50. The van der Waals surface area contributed by atoms with E-state index < -0.39 is 24.1 Å². The summed E-state index contributed by atoms with van der Waals surface area (Å²) in [6.07, 6.45) is -4.85. The first kappa shape index (κ1) is 27.0. The van der Waals surface area contributed by atoms with Gasteiger partial charge in [0.1, 0.15) is 5.75 Å². The highest BCUT2D eigenvalue weighted by molar-refractivity contribution is 6.07. The summed E-state index contributed by atoms with van der Waals surface area (Å²) >= 11 is 0. The minimum Gasteiger partial charge on any atom is -0.497 e. The molecule has 3 aromatic rings. The lowest BCUT2D eigenvalue weighted by molar-refractivity contribution is -0.170. The molecule has 5 rings (SSSR count). The number of hydrogen-bond acceptors (Lipinski definition) is 6. The van der Waals surface area contributed by atoms with Crippen LogP contribution < -0.4 is 15.0 Å². The van der Waals surface area contributed by atoms with E-state index in [1.165, 1.54) is 43.5 Å². The van der Waals surface area contributed by atoms with Crippen LogP contribution >= 0.6 is 0 Å². The number of fused-ring (bicyclic) bond motifs is 1. The third-order valence-electron chi connectivity index (χ3n) is 7.18. The molecule has 0 bridgehead atoms. The molecule has 10 heteroatoms. The van der Waals surface area contributed by atoms with Gasteiger partial charge in [-0.15, -0.1) is 0 Å². The van der Waals surface area contributed by atoms with E-state index in [-0.39, 0.29) is 46.2 Å². The fourth-order valence-corrected chi connectivity index (χ4v) is 5.30. The topological polar surface area (TPSA) is 84.9 Å². The molecular weight excluding hydrogens is 525 g/mol. The Hall–Kier alpha value is -4.60. The van der Waals surface area contributed by atoms with Gasteiger partial charge in [-0.3, -0.25) is 14.5 Å². The molecule has 1 aliphatic carbocycles. The number of Topliss-reactive ketones (excluding diaryl/α,β-unsaturated/α-hetero) is 1. The third-order valence-corrected chi connectivity index (χ3v) is 7.18. The molecule has 206 valence electrons. The highest BCUT2D eigenvalue weighted by Crippen LogP contribution is 2.48. The highest BCUT2D eigenvalue weighted by atomic mass is 19.4. The number of benzene rings is 3. The molecule has 3 aromatic carbocycles. The van der Waals surface area contributed by atoms with Crippen molar-refractivity contribution in [3.8, 4) is 5.75 Å². The van der Waals surface area contributed by atoms with Crippen LogP contribution in [-0.2, 0) is 14.3 Å². The zero-order chi connectivity index (χ0) is 28.6. The van der Waals surface area contributed by atoms with Gasteiger partial charge in [0.2, 0.25) is 0 Å². The molecule has 2 atom stereocenters. The zero-order valence-electron chi connectivity index (χ0n) is 21.6. The summed E-state index contributed by atoms with van der Waals surface area (Å²) in [6.45, 7) is 0. The van der Waals surface area contributed by atoms with Gasteiger partial charge in [-0.25, -0.2) is 4.79 Å². The van der Waals surface area contributed by atoms with Gasteiger partial charge in [0.05, 0.1) is 37.2 Å². The van der Waals surface area contributed by atoms with E-state index in [2.05, 4.69) is 5.32 Å². The lowest BCUT2D eigenvalue weighted by Crippen LogP contribution is -2.45. The molecule has 0 saturated heterocycles. The van der Waals surface area contributed by atoms with Crippen LogP contribution in [0.25, 0.3) is 0 Å². The van der Waals surface area contributed by atoms with Crippen molar-refractivity contribution >= 4 is 29.0 Å². The number of nitrogens with one attached hydrogen (secondary N) is 1. The molecule has 2 aliphatic rings. The summed E-state index contributed by atoms with van der Waals surface area (Å²) in [5.41, 5.74) is 2.05. The maximum Gasteiger partial charge on any atom is 0.471 e. The van der Waals surface area contributed by atoms with Gasteiger partial charge in [-0.05, 0) is 59.9 Å². The fraction of sp³-hybridized carbons (Fsp3) is 0.233. The van der Waals surface area contributed by atoms with Crippen molar-refractivity contribution in [3.05, 3.63) is 101 Å². The molecule has 1 aliphatic heterocycles. The lowest BCUT2D eigenvalue weighted by atomic mass is 9.78. The number of ketones is 1. The smallest absolute Gasteiger partial charge is 0.471 e. The molecule has 0 fully saturated rings. The Balaban J connectivity index is 1.69. The van der Waals surface area contributed by atoms with Crippen molar-refractivity contribution in [2.45, 2.75) is 31.0 Å². The van der Waals surface area contributed by atoms with Crippen LogP contribution in [0.1, 0.15) is 46.3 Å². The molecule has 1 N–H and O–H groups in total. The Morgan fingerprint density at radius 2 is 1.55 bits per heavy atom. The number of ether oxygens (including phenoxy) is 2. The van der Waals surface area contributed by atoms with Crippen LogP contribution in [0.3, 0.4) is 0 Å². The zero-order valence-corrected chi connectivity index (χ0v) is 21.6. The summed E-state index contributed by atoms with van der Waals surface area (Å²) in [6, 6.07) is 17.7. The van der Waals surface area contributed by atoms with Crippen LogP contribution in [-0.4, -0.2) is 38.1 Å². The van der Waals surface area contributed by atoms with E-state index in [0.717, 1.165) is 5.56 Å². The molecule has 0 unspecified atom stereocenters. The molecule has 0 saturated carbocycles. The van der Waals surface area contributed by atoms with Crippen molar-refractivity contribution in [3.63, 3.8) is 0 Å². The Kier molecular flexibility index (Phi) is 7.10. The number of halogens is 3. The van der Waals surface area contributed by atoms with Crippen molar-refractivity contribution in [1.82, 2.24) is 0 Å². The predicted octanol–water partition coefficient (Wildman–Crippen LogP) is 5.94. The minimum absolute atomic E-state index is 0.0185. The van der Waals surface area contributed by atoms with E-state index in [0.29, 0.717) is 22.8 Å². The van der Waals surface area contributed by atoms with Crippen molar-refractivity contribution in [1.29, 1.82) is 0 Å². The number of nitrogens with zero attached hydrogens (tertiary/aromatic N) is 1. The van der Waals surface area contributed by atoms with E-state index >= 15 is 0 Å². The van der Waals surface area contributed by atoms with Crippen LogP contribution in [0.5, 0.6) is 5.75 Å². The summed E-state index contributed by atoms with van der Waals surface area (Å²) in [5.74, 6) is -2.71. The number of allylic oxidation sites excluding steroid dienone is 1. The van der Waals surface area contributed by atoms with Gasteiger partial charge in [-0.1, -0.05) is 36.4 Å². The van der Waals surface area contributed by atoms with Gasteiger partial charge in [0.15, 0.2) is 5.78 Å². The number of esters is 1. The quantitative estimate of drug-likeness (QED) is 0.405. The maximum absolute atomic E-state index is 14.0. The van der Waals surface area contributed by atoms with E-state index in [1.807, 2.05) is 12.1 Å². The third kappa shape index (κ3) is 4.92. The van der Waals surface area contributed by atoms with Gasteiger partial charge >= 0.3 is 18.1 Å². The second-order valence-electron chi connectivity index (χ2n) is 9.52. The molecule has 1 heterocycles. The van der Waals surface area contributed by atoms with E-state index in [4.69, 9.17) is 9.47 Å². The van der Waals surface area contributed by atoms with Gasteiger partial charge in [0, 0.05) is 17.7 Å². The predicted molar refractivity (Wildman–Crippen MR) is 141 cm³/mol. The summed E-state index contributed by atoms with van der Waals surface area (Å²) < 4.78 is 52.1. The Morgan fingerprint density at radius 1 is 0.900 bits per heavy atom. The molecule has 0 aromatic heterocycles. The van der Waals surface area contributed by atoms with E-state index in [9.17, 15) is 27.6 Å². The maximum atomic E-state index is 14.0. The Labute approximate surface area is 228 Å². The van der Waals surface area contributed by atoms with Crippen molar-refractivity contribution in [2.24, 2.45) is 0 Å². The minimum atomic E-state index is -5.22. The number of para-hydroxylation sites is 2. The number of anilines is 2. The van der Waals surface area contributed by atoms with Crippen LogP contribution in [0.2, 0.25) is 0 Å². The van der Waals surface area contributed by atoms with Gasteiger partial charge in [-0.2, -0.15) is 13.2 Å². The van der Waals surface area contributed by atoms with Crippen LogP contribution in [0, 0.1) is 0 Å². The average molecular weight is 551 g/mol. The van der Waals surface area contributed by atoms with Crippen LogP contribution in [0.4, 0.5) is 24.5 Å². The molecular formula is C30H25F3N2O5. The van der Waals surface area contributed by atoms with Crippen molar-refractivity contribution < 1.29 is 37.0 Å². The first-order valence-electron chi connectivity index (χ1n) is 12.5. The molecule has 40 heavy (non-hydrogen) atoms. The first-order chi connectivity index (χ1) is 19.1. The Bertz CT molecular complexity index is 1500. The van der Waals surface area contributed by atoms with Gasteiger partial charge < -0.3 is 14.8 Å². The molecule has 7 nitrogen and oxygen atoms in total. The molecule has 0 radical (unpaired) electrons. The SMILES string of the molecule is COC(=O)c1ccc([C@H]2C3=C(C[C@@H](c4ccc(OC)cc4)CC3=O)Nc3ccccc3N2C(=O)C(F)(F)F)cc1. The number of rotatable bonds is 4. The van der Waals surface area contributed by atoms with Gasteiger partial charge in [0.25, 0.3) is 0 Å². The summed E-state index contributed by atoms with van der Waals surface area (Å²) in [4.78, 5) is 39.5. The van der Waals surface area contributed by atoms with E-state index in [1.54, 1.807) is 31.4 Å². The van der Waals surface area contributed by atoms with Crippen molar-refractivity contribution in [2.75, 3.05) is 24.4 Å². The largest absolute Gasteiger partial charge is 0.497 e. The molecule has 0 spiro atoms.